The zero-order chi connectivity index (χ0) is 26.3. The number of nitro groups is 1. The summed E-state index contributed by atoms with van der Waals surface area (Å²) in [4.78, 5) is 38.0. The van der Waals surface area contributed by atoms with Crippen LogP contribution in [0, 0.1) is 10.1 Å². The molecule has 0 aliphatic carbocycles. The standard InChI is InChI=1S/C26H16Cl2N4O4S/c27-20-5-3-7-22(23(20)28)31-25(34)19(24(33)29-26(31)37)12-16-14-30(21-6-2-1-4-18(16)21)13-15-8-10-17(11-9-15)32(35)36/h1-12,14H,13H2,(H,29,33,37)/b19-12+. The molecule has 0 bridgehead atoms. The van der Waals surface area contributed by atoms with Crippen molar-refractivity contribution in [2.75, 3.05) is 4.90 Å². The molecule has 0 unspecified atom stereocenters. The van der Waals surface area contributed by atoms with E-state index in [2.05, 4.69) is 5.32 Å². The normalized spacial score (nSPS) is 14.9. The second kappa shape index (κ2) is 9.78. The predicted octanol–water partition coefficient (Wildman–Crippen LogP) is 5.74. The number of benzene rings is 3. The number of carbonyl (C=O) groups excluding carboxylic acids is 2. The minimum Gasteiger partial charge on any atom is -0.342 e. The number of anilines is 1. The number of aromatic nitrogens is 1. The summed E-state index contributed by atoms with van der Waals surface area (Å²) in [5.41, 5.74) is 2.50. The maximum absolute atomic E-state index is 13.5. The quantitative estimate of drug-likeness (QED) is 0.112. The van der Waals surface area contributed by atoms with Gasteiger partial charge < -0.3 is 4.57 Å². The number of hydrogen-bond acceptors (Lipinski definition) is 5. The van der Waals surface area contributed by atoms with Gasteiger partial charge in [-0.3, -0.25) is 29.9 Å². The number of fused-ring (bicyclic) bond motifs is 1. The Labute approximate surface area is 225 Å². The van der Waals surface area contributed by atoms with Gasteiger partial charge in [0.25, 0.3) is 17.5 Å². The van der Waals surface area contributed by atoms with Gasteiger partial charge in [-0.1, -0.05) is 59.6 Å². The summed E-state index contributed by atoms with van der Waals surface area (Å²) < 4.78 is 1.95. The second-order valence-corrected chi connectivity index (χ2v) is 9.36. The van der Waals surface area contributed by atoms with Crippen molar-refractivity contribution in [2.24, 2.45) is 0 Å². The second-order valence-electron chi connectivity index (χ2n) is 8.18. The Bertz CT molecular complexity index is 1650. The van der Waals surface area contributed by atoms with Gasteiger partial charge in [-0.05, 0) is 42.1 Å². The van der Waals surface area contributed by atoms with Gasteiger partial charge in [0.1, 0.15) is 5.57 Å². The molecule has 5 rings (SSSR count). The van der Waals surface area contributed by atoms with Gasteiger partial charge in [0, 0.05) is 41.3 Å². The summed E-state index contributed by atoms with van der Waals surface area (Å²) in [5, 5.41) is 14.6. The van der Waals surface area contributed by atoms with Crippen LogP contribution in [0.5, 0.6) is 0 Å². The smallest absolute Gasteiger partial charge is 0.270 e. The van der Waals surface area contributed by atoms with Gasteiger partial charge in [-0.2, -0.15) is 0 Å². The lowest BCUT2D eigenvalue weighted by Crippen LogP contribution is -2.54. The van der Waals surface area contributed by atoms with E-state index < -0.39 is 16.7 Å². The fourth-order valence-electron chi connectivity index (χ4n) is 4.14. The highest BCUT2D eigenvalue weighted by Crippen LogP contribution is 2.35. The zero-order valence-corrected chi connectivity index (χ0v) is 21.2. The van der Waals surface area contributed by atoms with Crippen molar-refractivity contribution < 1.29 is 14.5 Å². The van der Waals surface area contributed by atoms with Crippen LogP contribution < -0.4 is 10.2 Å². The third-order valence-electron chi connectivity index (χ3n) is 5.89. The molecule has 2 amide bonds. The number of non-ortho nitro benzene ring substituents is 1. The van der Waals surface area contributed by atoms with Gasteiger partial charge in [0.15, 0.2) is 5.11 Å². The van der Waals surface area contributed by atoms with E-state index in [1.807, 2.05) is 35.0 Å². The molecule has 8 nitrogen and oxygen atoms in total. The zero-order valence-electron chi connectivity index (χ0n) is 18.9. The Hall–Kier alpha value is -4.05. The molecule has 0 atom stereocenters. The van der Waals surface area contributed by atoms with Crippen LogP contribution in [0.3, 0.4) is 0 Å². The summed E-state index contributed by atoms with van der Waals surface area (Å²) in [6, 6.07) is 18.6. The van der Waals surface area contributed by atoms with Crippen LogP contribution in [0.25, 0.3) is 17.0 Å². The Morgan fingerprint density at radius 3 is 2.46 bits per heavy atom. The van der Waals surface area contributed by atoms with E-state index in [0.29, 0.717) is 12.1 Å². The average molecular weight is 551 g/mol. The van der Waals surface area contributed by atoms with Crippen LogP contribution >= 0.6 is 35.4 Å². The molecule has 0 radical (unpaired) electrons. The number of nitrogens with zero attached hydrogens (tertiary/aromatic N) is 3. The third-order valence-corrected chi connectivity index (χ3v) is 6.99. The van der Waals surface area contributed by atoms with Gasteiger partial charge in [-0.15, -0.1) is 0 Å². The maximum atomic E-state index is 13.5. The lowest BCUT2D eigenvalue weighted by molar-refractivity contribution is -0.384. The molecule has 1 N–H and O–H groups in total. The molecule has 1 saturated heterocycles. The number of nitrogens with one attached hydrogen (secondary N) is 1. The first-order valence-electron chi connectivity index (χ1n) is 10.9. The van der Waals surface area contributed by atoms with E-state index in [9.17, 15) is 19.7 Å². The fraction of sp³-hybridized carbons (Fsp3) is 0.0385. The van der Waals surface area contributed by atoms with Gasteiger partial charge >= 0.3 is 0 Å². The van der Waals surface area contributed by atoms with E-state index in [0.717, 1.165) is 21.4 Å². The van der Waals surface area contributed by atoms with Crippen LogP contribution in [0.4, 0.5) is 11.4 Å². The van der Waals surface area contributed by atoms with Crippen molar-refractivity contribution in [3.8, 4) is 0 Å². The predicted molar refractivity (Wildman–Crippen MR) is 147 cm³/mol. The number of thiocarbonyl (C=S) groups is 1. The number of rotatable bonds is 5. The van der Waals surface area contributed by atoms with Crippen molar-refractivity contribution in [3.63, 3.8) is 0 Å². The van der Waals surface area contributed by atoms with Crippen LogP contribution in [0.1, 0.15) is 11.1 Å². The molecule has 0 saturated carbocycles. The lowest BCUT2D eigenvalue weighted by atomic mass is 10.1. The fourth-order valence-corrected chi connectivity index (χ4v) is 4.79. The van der Waals surface area contributed by atoms with Gasteiger partial charge in [-0.25, -0.2) is 0 Å². The third kappa shape index (κ3) is 4.60. The largest absolute Gasteiger partial charge is 0.342 e. The van der Waals surface area contributed by atoms with Crippen LogP contribution in [0.2, 0.25) is 10.0 Å². The topological polar surface area (TPSA) is 97.5 Å². The van der Waals surface area contributed by atoms with E-state index in [1.165, 1.54) is 18.2 Å². The van der Waals surface area contributed by atoms with E-state index in [-0.39, 0.29) is 32.1 Å². The Morgan fingerprint density at radius 2 is 1.73 bits per heavy atom. The minimum absolute atomic E-state index is 0.00985. The highest BCUT2D eigenvalue weighted by Gasteiger charge is 2.36. The van der Waals surface area contributed by atoms with Crippen molar-refractivity contribution >= 4 is 80.7 Å². The molecule has 11 heteroatoms. The SMILES string of the molecule is O=C1NC(=S)N(c2cccc(Cl)c2Cl)C(=O)/C1=C/c1cn(Cc2ccc([N+](=O)[O-])cc2)c2ccccc12. The minimum atomic E-state index is -0.634. The number of halogens is 2. The van der Waals surface area contributed by atoms with E-state index in [1.54, 1.807) is 30.3 Å². The van der Waals surface area contributed by atoms with Crippen LogP contribution in [-0.2, 0) is 16.1 Å². The molecule has 1 aliphatic heterocycles. The molecular formula is C26H16Cl2N4O4S. The summed E-state index contributed by atoms with van der Waals surface area (Å²) >= 11 is 17.7. The van der Waals surface area contributed by atoms with Gasteiger partial charge in [0.2, 0.25) is 0 Å². The Balaban J connectivity index is 1.55. The van der Waals surface area contributed by atoms with Crippen molar-refractivity contribution in [2.45, 2.75) is 6.54 Å². The van der Waals surface area contributed by atoms with Gasteiger partial charge in [0.05, 0.1) is 20.7 Å². The number of carbonyl (C=O) groups is 2. The molecule has 184 valence electrons. The molecular weight excluding hydrogens is 535 g/mol. The summed E-state index contributed by atoms with van der Waals surface area (Å²) in [6.07, 6.45) is 3.34. The number of hydrogen-bond donors (Lipinski definition) is 1. The number of amides is 2. The molecule has 3 aromatic carbocycles. The van der Waals surface area contributed by atoms with Crippen molar-refractivity contribution in [1.29, 1.82) is 0 Å². The average Bonchev–Trinajstić information content (AvgIpc) is 3.21. The molecule has 4 aromatic rings. The monoisotopic (exact) mass is 550 g/mol. The van der Waals surface area contributed by atoms with E-state index >= 15 is 0 Å². The molecule has 1 aromatic heterocycles. The van der Waals surface area contributed by atoms with Crippen LogP contribution in [-0.4, -0.2) is 26.4 Å². The van der Waals surface area contributed by atoms with E-state index in [4.69, 9.17) is 35.4 Å². The summed E-state index contributed by atoms with van der Waals surface area (Å²) in [6.45, 7) is 0.427. The molecule has 0 spiro atoms. The van der Waals surface area contributed by atoms with Crippen molar-refractivity contribution in [3.05, 3.63) is 110 Å². The first-order chi connectivity index (χ1) is 17.7. The first-order valence-corrected chi connectivity index (χ1v) is 12.1. The number of nitro benzene ring substituents is 1. The molecule has 1 aliphatic rings. The first kappa shape index (κ1) is 24.6. The molecule has 1 fully saturated rings. The number of para-hydroxylation sites is 1. The molecule has 2 heterocycles. The summed E-state index contributed by atoms with van der Waals surface area (Å²) in [5.74, 6) is -1.26. The lowest BCUT2D eigenvalue weighted by Gasteiger charge is -2.29. The van der Waals surface area contributed by atoms with Crippen LogP contribution in [0.15, 0.2) is 78.5 Å². The maximum Gasteiger partial charge on any atom is 0.270 e. The summed E-state index contributed by atoms with van der Waals surface area (Å²) in [7, 11) is 0. The molecule has 37 heavy (non-hydrogen) atoms. The highest BCUT2D eigenvalue weighted by atomic mass is 35.5. The van der Waals surface area contributed by atoms with Crippen molar-refractivity contribution in [1.82, 2.24) is 9.88 Å². The Kier molecular flexibility index (Phi) is 6.51. The highest BCUT2D eigenvalue weighted by molar-refractivity contribution is 7.80. The Morgan fingerprint density at radius 1 is 1.00 bits per heavy atom.